The maximum atomic E-state index is 12.5. The molecule has 1 saturated carbocycles. The summed E-state index contributed by atoms with van der Waals surface area (Å²) >= 11 is 0. The van der Waals surface area contributed by atoms with Gasteiger partial charge in [-0.15, -0.1) is 0 Å². The molecule has 1 amide bonds. The van der Waals surface area contributed by atoms with E-state index in [1.54, 1.807) is 0 Å². The molecule has 126 valence electrons. The maximum Gasteiger partial charge on any atom is 0.225 e. The molecule has 0 aliphatic heterocycles. The highest BCUT2D eigenvalue weighted by Gasteiger charge is 2.25. The number of fused-ring (bicyclic) bond motifs is 1. The van der Waals surface area contributed by atoms with Crippen molar-refractivity contribution in [2.45, 2.75) is 58.0 Å². The fourth-order valence-corrected chi connectivity index (χ4v) is 3.85. The first kappa shape index (κ1) is 16.6. The molecule has 0 saturated heterocycles. The average Bonchev–Trinajstić information content (AvgIpc) is 2.98. The predicted molar refractivity (Wildman–Crippen MR) is 95.4 cm³/mol. The number of hydrogen-bond donors (Lipinski definition) is 1. The molecule has 3 rings (SSSR count). The van der Waals surface area contributed by atoms with E-state index in [2.05, 4.69) is 41.2 Å². The lowest BCUT2D eigenvalue weighted by Crippen LogP contribution is -2.40. The molecule has 1 aliphatic carbocycles. The number of benzene rings is 1. The number of aromatic nitrogens is 1. The van der Waals surface area contributed by atoms with Gasteiger partial charge in [-0.05, 0) is 37.3 Å². The summed E-state index contributed by atoms with van der Waals surface area (Å²) in [7, 11) is 0. The standard InChI is InChI=1S/C20H25N3O/c1-2-23-14-16(17-10-6-7-11-19(17)23)12-20(24)22-18(13-21)15-8-4-3-5-9-15/h6-7,10-11,14-15,18H,2-5,8-9,12H2,1H3,(H,22,24)/t18-/m1/s1. The predicted octanol–water partition coefficient (Wildman–Crippen LogP) is 3.79. The van der Waals surface area contributed by atoms with Crippen molar-refractivity contribution in [1.82, 2.24) is 9.88 Å². The van der Waals surface area contributed by atoms with Crippen LogP contribution in [0.2, 0.25) is 0 Å². The summed E-state index contributed by atoms with van der Waals surface area (Å²) in [6.45, 7) is 2.98. The molecule has 4 nitrogen and oxygen atoms in total. The summed E-state index contributed by atoms with van der Waals surface area (Å²) < 4.78 is 2.17. The number of amides is 1. The number of rotatable bonds is 5. The van der Waals surface area contributed by atoms with Gasteiger partial charge in [-0.2, -0.15) is 5.26 Å². The Bertz CT molecular complexity index is 750. The molecule has 1 N–H and O–H groups in total. The molecule has 0 unspecified atom stereocenters. The topological polar surface area (TPSA) is 57.8 Å². The highest BCUT2D eigenvalue weighted by Crippen LogP contribution is 2.26. The summed E-state index contributed by atoms with van der Waals surface area (Å²) in [5.74, 6) is 0.260. The summed E-state index contributed by atoms with van der Waals surface area (Å²) in [6, 6.07) is 10.1. The van der Waals surface area contributed by atoms with E-state index < -0.39 is 0 Å². The molecular formula is C20H25N3O. The number of aryl methyl sites for hydroxylation is 1. The highest BCUT2D eigenvalue weighted by atomic mass is 16.1. The van der Waals surface area contributed by atoms with Crippen molar-refractivity contribution in [3.63, 3.8) is 0 Å². The van der Waals surface area contributed by atoms with Gasteiger partial charge in [-0.25, -0.2) is 0 Å². The van der Waals surface area contributed by atoms with E-state index in [1.807, 2.05) is 12.1 Å². The Labute approximate surface area is 143 Å². The van der Waals surface area contributed by atoms with Crippen molar-refractivity contribution in [1.29, 1.82) is 5.26 Å². The van der Waals surface area contributed by atoms with Gasteiger partial charge in [0.05, 0.1) is 12.5 Å². The van der Waals surface area contributed by atoms with Crippen molar-refractivity contribution in [2.75, 3.05) is 0 Å². The van der Waals surface area contributed by atoms with E-state index >= 15 is 0 Å². The molecule has 1 aromatic heterocycles. The van der Waals surface area contributed by atoms with E-state index in [1.165, 1.54) is 19.3 Å². The highest BCUT2D eigenvalue weighted by molar-refractivity contribution is 5.89. The number of nitrogens with one attached hydrogen (secondary N) is 1. The number of para-hydroxylation sites is 1. The monoisotopic (exact) mass is 323 g/mol. The largest absolute Gasteiger partial charge is 0.347 e. The van der Waals surface area contributed by atoms with Crippen LogP contribution < -0.4 is 5.32 Å². The van der Waals surface area contributed by atoms with Crippen molar-refractivity contribution < 1.29 is 4.79 Å². The van der Waals surface area contributed by atoms with Crippen LogP contribution in [0.25, 0.3) is 10.9 Å². The van der Waals surface area contributed by atoms with E-state index in [9.17, 15) is 10.1 Å². The summed E-state index contributed by atoms with van der Waals surface area (Å²) in [5, 5.41) is 13.5. The fraction of sp³-hybridized carbons (Fsp3) is 0.500. The van der Waals surface area contributed by atoms with E-state index in [4.69, 9.17) is 0 Å². The molecule has 24 heavy (non-hydrogen) atoms. The molecule has 2 aromatic rings. The number of carbonyl (C=O) groups is 1. The smallest absolute Gasteiger partial charge is 0.225 e. The molecule has 0 radical (unpaired) electrons. The van der Waals surface area contributed by atoms with Crippen LogP contribution in [-0.4, -0.2) is 16.5 Å². The maximum absolute atomic E-state index is 12.5. The third-order valence-corrected chi connectivity index (χ3v) is 5.14. The Morgan fingerprint density at radius 1 is 1.33 bits per heavy atom. The first-order chi connectivity index (χ1) is 11.7. The van der Waals surface area contributed by atoms with Gasteiger partial charge in [0.25, 0.3) is 0 Å². The molecular weight excluding hydrogens is 298 g/mol. The Balaban J connectivity index is 1.71. The molecule has 0 spiro atoms. The second-order valence-electron chi connectivity index (χ2n) is 6.71. The Morgan fingerprint density at radius 2 is 2.08 bits per heavy atom. The Morgan fingerprint density at radius 3 is 2.79 bits per heavy atom. The second-order valence-corrected chi connectivity index (χ2v) is 6.71. The van der Waals surface area contributed by atoms with Gasteiger partial charge in [-0.3, -0.25) is 4.79 Å². The number of nitriles is 1. The summed E-state index contributed by atoms with van der Waals surface area (Å²) in [4.78, 5) is 12.5. The number of nitrogens with zero attached hydrogens (tertiary/aromatic N) is 2. The van der Waals surface area contributed by atoms with E-state index in [0.29, 0.717) is 12.3 Å². The quantitative estimate of drug-likeness (QED) is 0.910. The van der Waals surface area contributed by atoms with Crippen LogP contribution in [0, 0.1) is 17.2 Å². The zero-order chi connectivity index (χ0) is 16.9. The fourth-order valence-electron chi connectivity index (χ4n) is 3.85. The number of hydrogen-bond acceptors (Lipinski definition) is 2. The van der Waals surface area contributed by atoms with Crippen LogP contribution in [-0.2, 0) is 17.8 Å². The summed E-state index contributed by atoms with van der Waals surface area (Å²) in [6.07, 6.45) is 8.08. The minimum absolute atomic E-state index is 0.0499. The zero-order valence-corrected chi connectivity index (χ0v) is 14.3. The van der Waals surface area contributed by atoms with Crippen molar-refractivity contribution in [2.24, 2.45) is 5.92 Å². The van der Waals surface area contributed by atoms with Gasteiger partial charge < -0.3 is 9.88 Å². The van der Waals surface area contributed by atoms with Crippen molar-refractivity contribution >= 4 is 16.8 Å². The lowest BCUT2D eigenvalue weighted by atomic mass is 9.84. The second kappa shape index (κ2) is 7.53. The zero-order valence-electron chi connectivity index (χ0n) is 14.3. The first-order valence-corrected chi connectivity index (χ1v) is 8.98. The van der Waals surface area contributed by atoms with E-state index in [0.717, 1.165) is 35.9 Å². The summed E-state index contributed by atoms with van der Waals surface area (Å²) in [5.41, 5.74) is 2.19. The van der Waals surface area contributed by atoms with Gasteiger partial charge in [0.1, 0.15) is 6.04 Å². The molecule has 1 aliphatic rings. The molecule has 1 heterocycles. The molecule has 1 fully saturated rings. The third kappa shape index (κ3) is 3.46. The molecule has 1 atom stereocenters. The van der Waals surface area contributed by atoms with Crippen LogP contribution in [0.1, 0.15) is 44.6 Å². The van der Waals surface area contributed by atoms with Gasteiger partial charge >= 0.3 is 0 Å². The SMILES string of the molecule is CCn1cc(CC(=O)N[C@H](C#N)C2CCCCC2)c2ccccc21. The van der Waals surface area contributed by atoms with Crippen LogP contribution >= 0.6 is 0 Å². The lowest BCUT2D eigenvalue weighted by molar-refractivity contribution is -0.121. The van der Waals surface area contributed by atoms with Crippen LogP contribution in [0.3, 0.4) is 0 Å². The average molecular weight is 323 g/mol. The normalized spacial score (nSPS) is 16.7. The molecule has 1 aromatic carbocycles. The Hall–Kier alpha value is -2.28. The lowest BCUT2D eigenvalue weighted by Gasteiger charge is -2.26. The van der Waals surface area contributed by atoms with Gasteiger partial charge in [0.2, 0.25) is 5.91 Å². The van der Waals surface area contributed by atoms with Gasteiger partial charge in [-0.1, -0.05) is 37.5 Å². The van der Waals surface area contributed by atoms with Gasteiger partial charge in [0.15, 0.2) is 0 Å². The molecule has 0 bridgehead atoms. The van der Waals surface area contributed by atoms with Crippen LogP contribution in [0.15, 0.2) is 30.5 Å². The van der Waals surface area contributed by atoms with Gasteiger partial charge in [0, 0.05) is 23.6 Å². The molecule has 4 heteroatoms. The minimum atomic E-state index is -0.350. The first-order valence-electron chi connectivity index (χ1n) is 8.98. The minimum Gasteiger partial charge on any atom is -0.347 e. The van der Waals surface area contributed by atoms with E-state index in [-0.39, 0.29) is 11.9 Å². The Kier molecular flexibility index (Phi) is 5.20. The third-order valence-electron chi connectivity index (χ3n) is 5.14. The number of carbonyl (C=O) groups excluding carboxylic acids is 1. The van der Waals surface area contributed by atoms with Crippen LogP contribution in [0.4, 0.5) is 0 Å². The van der Waals surface area contributed by atoms with Crippen LogP contribution in [0.5, 0.6) is 0 Å². The van der Waals surface area contributed by atoms with Crippen molar-refractivity contribution in [3.05, 3.63) is 36.0 Å². The van der Waals surface area contributed by atoms with Crippen molar-refractivity contribution in [3.8, 4) is 6.07 Å².